The van der Waals surface area contributed by atoms with Crippen molar-refractivity contribution in [2.45, 2.75) is 19.4 Å². The quantitative estimate of drug-likeness (QED) is 0.582. The summed E-state index contributed by atoms with van der Waals surface area (Å²) in [7, 11) is 0. The molecule has 0 unspecified atom stereocenters. The molecule has 9 heavy (non-hydrogen) atoms. The van der Waals surface area contributed by atoms with Crippen molar-refractivity contribution in [2.24, 2.45) is 5.73 Å². The van der Waals surface area contributed by atoms with Gasteiger partial charge in [-0.25, -0.2) is 8.78 Å². The van der Waals surface area contributed by atoms with Crippen molar-refractivity contribution in [3.05, 3.63) is 0 Å². The van der Waals surface area contributed by atoms with E-state index in [0.717, 1.165) is 0 Å². The van der Waals surface area contributed by atoms with Gasteiger partial charge in [-0.05, 0) is 6.92 Å². The molecule has 0 aliphatic carbocycles. The van der Waals surface area contributed by atoms with Crippen LogP contribution >= 0.6 is 0 Å². The fourth-order valence-electron chi connectivity index (χ4n) is 0.420. The zero-order valence-corrected chi connectivity index (χ0v) is 5.40. The number of nitrogens with one attached hydrogen (secondary N) is 1. The van der Waals surface area contributed by atoms with Crippen LogP contribution in [0, 0.1) is 0 Å². The molecule has 0 saturated heterocycles. The summed E-state index contributed by atoms with van der Waals surface area (Å²) in [5.41, 5.74) is 5.27. The van der Waals surface area contributed by atoms with E-state index in [2.05, 4.69) is 5.32 Å². The summed E-state index contributed by atoms with van der Waals surface area (Å²) in [6, 6.07) is -0.0521. The van der Waals surface area contributed by atoms with Crippen LogP contribution < -0.4 is 11.1 Å². The predicted molar refractivity (Wildman–Crippen MR) is 32.5 cm³/mol. The third-order valence-corrected chi connectivity index (χ3v) is 0.765. The van der Waals surface area contributed by atoms with Crippen LogP contribution in [0.4, 0.5) is 8.78 Å². The maximum absolute atomic E-state index is 11.4. The Morgan fingerprint density at radius 3 is 2.33 bits per heavy atom. The van der Waals surface area contributed by atoms with Crippen molar-refractivity contribution in [3.8, 4) is 0 Å². The lowest BCUT2D eigenvalue weighted by atomic mass is 10.4. The molecule has 0 spiro atoms. The lowest BCUT2D eigenvalue weighted by molar-refractivity contribution is 0.146. The zero-order chi connectivity index (χ0) is 7.28. The Labute approximate surface area is 53.4 Å². The van der Waals surface area contributed by atoms with Crippen molar-refractivity contribution in [3.63, 3.8) is 0 Å². The van der Waals surface area contributed by atoms with Crippen LogP contribution in [0.25, 0.3) is 0 Å². The number of halogens is 2. The van der Waals surface area contributed by atoms with Gasteiger partial charge in [0.05, 0.1) is 6.54 Å². The van der Waals surface area contributed by atoms with E-state index in [1.54, 1.807) is 6.92 Å². The van der Waals surface area contributed by atoms with Crippen LogP contribution in [0.2, 0.25) is 0 Å². The monoisotopic (exact) mass is 138 g/mol. The summed E-state index contributed by atoms with van der Waals surface area (Å²) in [6.07, 6.45) is -2.27. The molecule has 0 amide bonds. The van der Waals surface area contributed by atoms with E-state index in [1.807, 2.05) is 0 Å². The first-order chi connectivity index (χ1) is 4.13. The van der Waals surface area contributed by atoms with Crippen molar-refractivity contribution in [1.29, 1.82) is 0 Å². The molecule has 0 saturated carbocycles. The molecular weight excluding hydrogens is 126 g/mol. The highest BCUT2D eigenvalue weighted by Crippen LogP contribution is 1.86. The van der Waals surface area contributed by atoms with Crippen LogP contribution in [-0.2, 0) is 0 Å². The van der Waals surface area contributed by atoms with E-state index >= 15 is 0 Å². The molecule has 4 heteroatoms. The summed E-state index contributed by atoms with van der Waals surface area (Å²) in [5.74, 6) is 0. The lowest BCUT2D eigenvalue weighted by Gasteiger charge is -2.05. The summed E-state index contributed by atoms with van der Waals surface area (Å²) in [4.78, 5) is 0. The van der Waals surface area contributed by atoms with Gasteiger partial charge in [-0.2, -0.15) is 0 Å². The van der Waals surface area contributed by atoms with Gasteiger partial charge in [0, 0.05) is 12.6 Å². The molecule has 0 aliphatic rings. The number of hydrogen-bond acceptors (Lipinski definition) is 2. The maximum atomic E-state index is 11.4. The molecule has 0 rings (SSSR count). The molecule has 0 heterocycles. The number of rotatable bonds is 4. The Balaban J connectivity index is 2.91. The van der Waals surface area contributed by atoms with Gasteiger partial charge in [0.1, 0.15) is 0 Å². The minimum absolute atomic E-state index is 0.0521. The van der Waals surface area contributed by atoms with Gasteiger partial charge >= 0.3 is 0 Å². The Morgan fingerprint density at radius 2 is 2.00 bits per heavy atom. The second-order valence-electron chi connectivity index (χ2n) is 2.03. The second kappa shape index (κ2) is 4.64. The van der Waals surface area contributed by atoms with Gasteiger partial charge in [-0.3, -0.25) is 0 Å². The summed E-state index contributed by atoms with van der Waals surface area (Å²) < 4.78 is 22.8. The molecule has 2 nitrogen and oxygen atoms in total. The van der Waals surface area contributed by atoms with E-state index < -0.39 is 6.43 Å². The molecule has 1 atom stereocenters. The topological polar surface area (TPSA) is 38.0 Å². The summed E-state index contributed by atoms with van der Waals surface area (Å²) >= 11 is 0. The number of hydrogen-bond donors (Lipinski definition) is 2. The van der Waals surface area contributed by atoms with Crippen LogP contribution in [0.1, 0.15) is 6.92 Å². The zero-order valence-electron chi connectivity index (χ0n) is 5.40. The molecule has 3 N–H and O–H groups in total. The van der Waals surface area contributed by atoms with Gasteiger partial charge in [-0.1, -0.05) is 0 Å². The first-order valence-electron chi connectivity index (χ1n) is 2.87. The highest BCUT2D eigenvalue weighted by Gasteiger charge is 2.00. The smallest absolute Gasteiger partial charge is 0.250 e. The molecule has 0 fully saturated rings. The maximum Gasteiger partial charge on any atom is 0.250 e. The molecule has 0 aromatic rings. The largest absolute Gasteiger partial charge is 0.327 e. The molecule has 0 aliphatic heterocycles. The fraction of sp³-hybridized carbons (Fsp3) is 1.00. The average molecular weight is 138 g/mol. The summed E-state index contributed by atoms with van der Waals surface area (Å²) in [5, 5.41) is 2.51. The Hall–Kier alpha value is -0.220. The third-order valence-electron chi connectivity index (χ3n) is 0.765. The first-order valence-corrected chi connectivity index (χ1v) is 2.87. The van der Waals surface area contributed by atoms with E-state index in [4.69, 9.17) is 5.73 Å². The van der Waals surface area contributed by atoms with Crippen molar-refractivity contribution >= 4 is 0 Å². The number of alkyl halides is 2. The fourth-order valence-corrected chi connectivity index (χ4v) is 0.420. The summed E-state index contributed by atoms with van der Waals surface area (Å²) in [6.45, 7) is 1.95. The minimum Gasteiger partial charge on any atom is -0.327 e. The average Bonchev–Trinajstić information content (AvgIpc) is 1.63. The first kappa shape index (κ1) is 8.78. The molecule has 0 radical (unpaired) electrons. The van der Waals surface area contributed by atoms with Crippen LogP contribution in [0.15, 0.2) is 0 Å². The van der Waals surface area contributed by atoms with Crippen molar-refractivity contribution in [2.75, 3.05) is 13.1 Å². The molecule has 0 aromatic carbocycles. The van der Waals surface area contributed by atoms with E-state index in [0.29, 0.717) is 6.54 Å². The van der Waals surface area contributed by atoms with Gasteiger partial charge < -0.3 is 11.1 Å². The second-order valence-corrected chi connectivity index (χ2v) is 2.03. The Kier molecular flexibility index (Phi) is 4.53. The highest BCUT2D eigenvalue weighted by molar-refractivity contribution is 4.57. The number of nitrogens with two attached hydrogens (primary N) is 1. The molecule has 0 bridgehead atoms. The molecular formula is C5H12F2N2. The van der Waals surface area contributed by atoms with Crippen LogP contribution in [0.3, 0.4) is 0 Å². The Morgan fingerprint density at radius 1 is 1.44 bits per heavy atom. The normalized spacial score (nSPS) is 14.3. The van der Waals surface area contributed by atoms with Crippen molar-refractivity contribution < 1.29 is 8.78 Å². The Bertz CT molecular complexity index is 58.0. The SMILES string of the molecule is C[C@H](N)CNCC(F)F. The molecule has 56 valence electrons. The van der Waals surface area contributed by atoms with Gasteiger partial charge in [0.2, 0.25) is 0 Å². The predicted octanol–water partition coefficient (Wildman–Crippen LogP) is 0.188. The van der Waals surface area contributed by atoms with Gasteiger partial charge in [0.25, 0.3) is 6.43 Å². The standard InChI is InChI=1S/C5H12F2N2/c1-4(8)2-9-3-5(6)7/h4-5,9H,2-3,8H2,1H3/t4-/m0/s1. The minimum atomic E-state index is -2.27. The molecule has 0 aromatic heterocycles. The van der Waals surface area contributed by atoms with Gasteiger partial charge in [-0.15, -0.1) is 0 Å². The van der Waals surface area contributed by atoms with E-state index in [-0.39, 0.29) is 12.6 Å². The third kappa shape index (κ3) is 7.78. The van der Waals surface area contributed by atoms with Crippen LogP contribution in [-0.4, -0.2) is 25.6 Å². The van der Waals surface area contributed by atoms with E-state index in [9.17, 15) is 8.78 Å². The van der Waals surface area contributed by atoms with Crippen molar-refractivity contribution in [1.82, 2.24) is 5.32 Å². The van der Waals surface area contributed by atoms with Crippen LogP contribution in [0.5, 0.6) is 0 Å². The van der Waals surface area contributed by atoms with E-state index in [1.165, 1.54) is 0 Å². The van der Waals surface area contributed by atoms with Gasteiger partial charge in [0.15, 0.2) is 0 Å². The lowest BCUT2D eigenvalue weighted by Crippen LogP contribution is -2.33. The highest BCUT2D eigenvalue weighted by atomic mass is 19.3.